The first-order chi connectivity index (χ1) is 13.3. The Morgan fingerprint density at radius 2 is 1.74 bits per heavy atom. The molecule has 0 unspecified atom stereocenters. The summed E-state index contributed by atoms with van der Waals surface area (Å²) in [6.45, 7) is 2.84. The average Bonchev–Trinajstić information content (AvgIpc) is 3.34. The van der Waals surface area contributed by atoms with Gasteiger partial charge in [0.2, 0.25) is 11.8 Å². The van der Waals surface area contributed by atoms with E-state index in [1.807, 2.05) is 48.5 Å². The van der Waals surface area contributed by atoms with E-state index in [1.165, 1.54) is 11.8 Å². The molecule has 6 nitrogen and oxygen atoms in total. The van der Waals surface area contributed by atoms with Crippen LogP contribution in [0.5, 0.6) is 0 Å². The van der Waals surface area contributed by atoms with E-state index in [-0.39, 0.29) is 0 Å². The Labute approximate surface area is 165 Å². The molecule has 0 amide bonds. The molecule has 8 heteroatoms. The lowest BCUT2D eigenvalue weighted by Gasteiger charge is -2.06. The number of hydrogen-bond donors (Lipinski definition) is 0. The number of halogens is 1. The second kappa shape index (κ2) is 7.94. The Bertz CT molecular complexity index is 1050. The highest BCUT2D eigenvalue weighted by molar-refractivity contribution is 7.98. The molecule has 2 aromatic carbocycles. The molecule has 4 rings (SSSR count). The van der Waals surface area contributed by atoms with Gasteiger partial charge in [-0.3, -0.25) is 0 Å². The van der Waals surface area contributed by atoms with Crippen molar-refractivity contribution in [2.75, 3.05) is 0 Å². The Morgan fingerprint density at radius 3 is 2.52 bits per heavy atom. The largest absolute Gasteiger partial charge is 0.420 e. The summed E-state index contributed by atoms with van der Waals surface area (Å²) in [5.41, 5.74) is 1.77. The zero-order chi connectivity index (χ0) is 18.6. The van der Waals surface area contributed by atoms with Gasteiger partial charge in [-0.05, 0) is 19.1 Å². The SMILES string of the molecule is CCn1c(SCc2nnc(-c3ccccc3Cl)o2)nnc1-c1ccccc1. The second-order valence-corrected chi connectivity index (χ2v) is 7.04. The molecule has 0 radical (unpaired) electrons. The summed E-state index contributed by atoms with van der Waals surface area (Å²) < 4.78 is 7.83. The summed E-state index contributed by atoms with van der Waals surface area (Å²) in [6, 6.07) is 17.4. The zero-order valence-corrected chi connectivity index (χ0v) is 16.1. The Morgan fingerprint density at radius 1 is 0.963 bits per heavy atom. The van der Waals surface area contributed by atoms with Crippen molar-refractivity contribution in [1.82, 2.24) is 25.0 Å². The Kier molecular flexibility index (Phi) is 5.22. The molecule has 136 valence electrons. The lowest BCUT2D eigenvalue weighted by atomic mass is 10.2. The van der Waals surface area contributed by atoms with Crippen molar-refractivity contribution in [3.05, 3.63) is 65.5 Å². The van der Waals surface area contributed by atoms with Crippen LogP contribution in [0.1, 0.15) is 12.8 Å². The fourth-order valence-electron chi connectivity index (χ4n) is 2.66. The third-order valence-corrected chi connectivity index (χ3v) is 5.24. The molecule has 0 saturated carbocycles. The Balaban J connectivity index is 1.52. The van der Waals surface area contributed by atoms with Gasteiger partial charge in [-0.1, -0.05) is 65.8 Å². The van der Waals surface area contributed by atoms with Crippen molar-refractivity contribution >= 4 is 23.4 Å². The van der Waals surface area contributed by atoms with E-state index in [4.69, 9.17) is 16.0 Å². The highest BCUT2D eigenvalue weighted by atomic mass is 35.5. The van der Waals surface area contributed by atoms with Crippen LogP contribution in [0.15, 0.2) is 64.2 Å². The van der Waals surface area contributed by atoms with E-state index in [0.29, 0.717) is 22.6 Å². The number of thioether (sulfide) groups is 1. The molecule has 2 heterocycles. The fraction of sp³-hybridized carbons (Fsp3) is 0.158. The molecule has 0 saturated heterocycles. The molecule has 0 bridgehead atoms. The van der Waals surface area contributed by atoms with E-state index in [1.54, 1.807) is 6.07 Å². The average molecular weight is 398 g/mol. The maximum atomic E-state index is 6.19. The highest BCUT2D eigenvalue weighted by Gasteiger charge is 2.16. The quantitative estimate of drug-likeness (QED) is 0.428. The molecule has 27 heavy (non-hydrogen) atoms. The van der Waals surface area contributed by atoms with Crippen molar-refractivity contribution in [3.63, 3.8) is 0 Å². The van der Waals surface area contributed by atoms with Crippen LogP contribution in [0.2, 0.25) is 5.02 Å². The normalized spacial score (nSPS) is 11.0. The van der Waals surface area contributed by atoms with Gasteiger partial charge in [0.05, 0.1) is 16.3 Å². The molecule has 2 aromatic heterocycles. The van der Waals surface area contributed by atoms with E-state index in [2.05, 4.69) is 31.9 Å². The maximum Gasteiger partial charge on any atom is 0.249 e. The number of benzene rings is 2. The molecule has 0 aliphatic carbocycles. The molecule has 0 spiro atoms. The van der Waals surface area contributed by atoms with Crippen LogP contribution < -0.4 is 0 Å². The van der Waals surface area contributed by atoms with Crippen LogP contribution in [-0.4, -0.2) is 25.0 Å². The van der Waals surface area contributed by atoms with Gasteiger partial charge in [-0.15, -0.1) is 20.4 Å². The van der Waals surface area contributed by atoms with Gasteiger partial charge >= 0.3 is 0 Å². The van der Waals surface area contributed by atoms with Crippen LogP contribution in [0.3, 0.4) is 0 Å². The van der Waals surface area contributed by atoms with Gasteiger partial charge < -0.3 is 8.98 Å². The molecular weight excluding hydrogens is 382 g/mol. The van der Waals surface area contributed by atoms with Crippen LogP contribution >= 0.6 is 23.4 Å². The van der Waals surface area contributed by atoms with Gasteiger partial charge in [-0.2, -0.15) is 0 Å². The zero-order valence-electron chi connectivity index (χ0n) is 14.5. The molecule has 0 aliphatic rings. The lowest BCUT2D eigenvalue weighted by Crippen LogP contribution is -1.99. The standard InChI is InChI=1S/C19H16ClN5OS/c1-2-25-17(13-8-4-3-5-9-13)22-24-19(25)27-12-16-21-23-18(26-16)14-10-6-7-11-15(14)20/h3-11H,2,12H2,1H3. The smallest absolute Gasteiger partial charge is 0.249 e. The fourth-order valence-corrected chi connectivity index (χ4v) is 3.72. The van der Waals surface area contributed by atoms with E-state index in [9.17, 15) is 0 Å². The molecular formula is C19H16ClN5OS. The van der Waals surface area contributed by atoms with Crippen molar-refractivity contribution in [2.45, 2.75) is 24.4 Å². The predicted octanol–water partition coefficient (Wildman–Crippen LogP) is 4.96. The predicted molar refractivity (Wildman–Crippen MR) is 105 cm³/mol. The van der Waals surface area contributed by atoms with Gasteiger partial charge in [0.1, 0.15) is 0 Å². The van der Waals surface area contributed by atoms with Gasteiger partial charge in [-0.25, -0.2) is 0 Å². The summed E-state index contributed by atoms with van der Waals surface area (Å²) in [6.07, 6.45) is 0. The first-order valence-corrected chi connectivity index (χ1v) is 9.81. The van der Waals surface area contributed by atoms with Crippen LogP contribution in [0, 0.1) is 0 Å². The first kappa shape index (κ1) is 17.8. The van der Waals surface area contributed by atoms with Crippen LogP contribution in [0.4, 0.5) is 0 Å². The minimum atomic E-state index is 0.415. The number of aromatic nitrogens is 5. The van der Waals surface area contributed by atoms with Gasteiger partial charge in [0.25, 0.3) is 0 Å². The summed E-state index contributed by atoms with van der Waals surface area (Å²) in [5, 5.41) is 18.3. The van der Waals surface area contributed by atoms with Gasteiger partial charge in [0.15, 0.2) is 11.0 Å². The minimum Gasteiger partial charge on any atom is -0.420 e. The Hall–Kier alpha value is -2.64. The monoisotopic (exact) mass is 397 g/mol. The third kappa shape index (κ3) is 3.74. The minimum absolute atomic E-state index is 0.415. The molecule has 0 N–H and O–H groups in total. The summed E-state index contributed by atoms with van der Waals surface area (Å²) in [4.78, 5) is 0. The summed E-state index contributed by atoms with van der Waals surface area (Å²) in [5.74, 6) is 2.28. The molecule has 0 atom stereocenters. The molecule has 4 aromatic rings. The first-order valence-electron chi connectivity index (χ1n) is 8.45. The van der Waals surface area contributed by atoms with Crippen LogP contribution in [-0.2, 0) is 12.3 Å². The van der Waals surface area contributed by atoms with Gasteiger partial charge in [0, 0.05) is 12.1 Å². The summed E-state index contributed by atoms with van der Waals surface area (Å²) in [7, 11) is 0. The second-order valence-electron chi connectivity index (χ2n) is 5.69. The summed E-state index contributed by atoms with van der Waals surface area (Å²) >= 11 is 7.70. The van der Waals surface area contributed by atoms with E-state index >= 15 is 0 Å². The van der Waals surface area contributed by atoms with Crippen molar-refractivity contribution in [3.8, 4) is 22.8 Å². The van der Waals surface area contributed by atoms with E-state index in [0.717, 1.165) is 28.7 Å². The van der Waals surface area contributed by atoms with Crippen molar-refractivity contribution < 1.29 is 4.42 Å². The molecule has 0 fully saturated rings. The highest BCUT2D eigenvalue weighted by Crippen LogP contribution is 2.29. The topological polar surface area (TPSA) is 69.6 Å². The number of nitrogens with zero attached hydrogens (tertiary/aromatic N) is 5. The van der Waals surface area contributed by atoms with Crippen molar-refractivity contribution in [1.29, 1.82) is 0 Å². The molecule has 0 aliphatic heterocycles. The third-order valence-electron chi connectivity index (χ3n) is 3.96. The maximum absolute atomic E-state index is 6.19. The number of rotatable bonds is 6. The lowest BCUT2D eigenvalue weighted by molar-refractivity contribution is 0.528. The van der Waals surface area contributed by atoms with E-state index < -0.39 is 0 Å². The number of hydrogen-bond acceptors (Lipinski definition) is 6. The van der Waals surface area contributed by atoms with Crippen molar-refractivity contribution in [2.24, 2.45) is 0 Å². The van der Waals surface area contributed by atoms with Crippen LogP contribution in [0.25, 0.3) is 22.8 Å².